The number of ether oxygens (including phenoxy) is 3. The predicted octanol–water partition coefficient (Wildman–Crippen LogP) is 5.75. The number of methoxy groups -OCH3 is 3. The van der Waals surface area contributed by atoms with Crippen LogP contribution in [0.25, 0.3) is 0 Å². The standard InChI is InChI=1S/C35H48N4O5/c1-33(2)18-24-29(26(40)19-33)30(22-14-15-27(42-7)32(44-9)31(22)43-8)39(25-13-11-10-12-23(25)37-24)20-28(41)36-21-16-34(3,4)38-35(5,6)17-21/h10-15,21,30,37-38H,16-20H2,1-9H3,(H,36,41). The Hall–Kier alpha value is -3.72. The first-order valence-electron chi connectivity index (χ1n) is 15.4. The molecule has 0 spiro atoms. The molecular formula is C35H48N4O5. The van der Waals surface area contributed by atoms with Gasteiger partial charge in [-0.05, 0) is 76.6 Å². The molecule has 1 saturated heterocycles. The highest BCUT2D eigenvalue weighted by Crippen LogP contribution is 2.52. The third-order valence-electron chi connectivity index (χ3n) is 8.90. The molecule has 0 radical (unpaired) electrons. The number of hydrogen-bond acceptors (Lipinski definition) is 8. The van der Waals surface area contributed by atoms with Gasteiger partial charge in [-0.1, -0.05) is 26.0 Å². The van der Waals surface area contributed by atoms with Gasteiger partial charge in [0.25, 0.3) is 0 Å². The van der Waals surface area contributed by atoms with E-state index in [1.165, 1.54) is 0 Å². The van der Waals surface area contributed by atoms with E-state index in [4.69, 9.17) is 14.2 Å². The normalized spacial score (nSPS) is 22.2. The number of fused-ring (bicyclic) bond motifs is 1. The van der Waals surface area contributed by atoms with Crippen molar-refractivity contribution in [2.75, 3.05) is 38.1 Å². The van der Waals surface area contributed by atoms with E-state index < -0.39 is 6.04 Å². The minimum atomic E-state index is -0.619. The van der Waals surface area contributed by atoms with Crippen LogP contribution < -0.4 is 35.1 Å². The molecule has 1 atom stereocenters. The van der Waals surface area contributed by atoms with Gasteiger partial charge in [0, 0.05) is 40.4 Å². The zero-order valence-electron chi connectivity index (χ0n) is 27.6. The largest absolute Gasteiger partial charge is 0.493 e. The Morgan fingerprint density at radius 1 is 0.909 bits per heavy atom. The van der Waals surface area contributed by atoms with Gasteiger partial charge in [0.15, 0.2) is 17.3 Å². The summed E-state index contributed by atoms with van der Waals surface area (Å²) >= 11 is 0. The van der Waals surface area contributed by atoms with Crippen LogP contribution in [0.3, 0.4) is 0 Å². The number of amides is 1. The van der Waals surface area contributed by atoms with Crippen molar-refractivity contribution in [3.63, 3.8) is 0 Å². The molecule has 9 heteroatoms. The molecular weight excluding hydrogens is 556 g/mol. The molecule has 2 heterocycles. The molecule has 2 aromatic carbocycles. The third-order valence-corrected chi connectivity index (χ3v) is 8.90. The molecule has 1 amide bonds. The topological polar surface area (TPSA) is 101 Å². The minimum absolute atomic E-state index is 0.00931. The summed E-state index contributed by atoms with van der Waals surface area (Å²) in [5.41, 5.74) is 3.46. The Morgan fingerprint density at radius 3 is 2.20 bits per heavy atom. The molecule has 5 rings (SSSR count). The quantitative estimate of drug-likeness (QED) is 0.367. The molecule has 2 aliphatic heterocycles. The lowest BCUT2D eigenvalue weighted by Crippen LogP contribution is -2.62. The first-order chi connectivity index (χ1) is 20.7. The average Bonchev–Trinajstić information content (AvgIpc) is 3.03. The van der Waals surface area contributed by atoms with E-state index in [0.29, 0.717) is 35.7 Å². The van der Waals surface area contributed by atoms with Gasteiger partial charge in [-0.3, -0.25) is 9.59 Å². The van der Waals surface area contributed by atoms with E-state index in [1.807, 2.05) is 41.3 Å². The van der Waals surface area contributed by atoms with Gasteiger partial charge in [0.1, 0.15) is 0 Å². The first kappa shape index (κ1) is 31.7. The number of nitrogens with one attached hydrogen (secondary N) is 3. The number of hydrogen-bond donors (Lipinski definition) is 3. The predicted molar refractivity (Wildman–Crippen MR) is 174 cm³/mol. The molecule has 0 bridgehead atoms. The van der Waals surface area contributed by atoms with Gasteiger partial charge in [-0.15, -0.1) is 0 Å². The van der Waals surface area contributed by atoms with Crippen molar-refractivity contribution in [1.82, 2.24) is 10.6 Å². The number of rotatable bonds is 7. The smallest absolute Gasteiger partial charge is 0.239 e. The van der Waals surface area contributed by atoms with Crippen molar-refractivity contribution in [3.8, 4) is 17.2 Å². The van der Waals surface area contributed by atoms with Crippen LogP contribution in [0.1, 0.15) is 78.8 Å². The maximum atomic E-state index is 14.2. The lowest BCUT2D eigenvalue weighted by Gasteiger charge is -2.46. The lowest BCUT2D eigenvalue weighted by atomic mass is 9.73. The summed E-state index contributed by atoms with van der Waals surface area (Å²) in [6.07, 6.45) is 2.72. The van der Waals surface area contributed by atoms with Crippen molar-refractivity contribution >= 4 is 23.1 Å². The van der Waals surface area contributed by atoms with Crippen LogP contribution in [0.15, 0.2) is 47.7 Å². The Labute approximate surface area is 261 Å². The summed E-state index contributed by atoms with van der Waals surface area (Å²) in [7, 11) is 4.74. The maximum absolute atomic E-state index is 14.2. The van der Waals surface area contributed by atoms with E-state index in [9.17, 15) is 9.59 Å². The first-order valence-corrected chi connectivity index (χ1v) is 15.4. The second-order valence-corrected chi connectivity index (χ2v) is 14.5. The highest BCUT2D eigenvalue weighted by Gasteiger charge is 2.44. The summed E-state index contributed by atoms with van der Waals surface area (Å²) in [4.78, 5) is 30.3. The van der Waals surface area contributed by atoms with Gasteiger partial charge < -0.3 is 35.1 Å². The Kier molecular flexibility index (Phi) is 8.39. The number of para-hydroxylation sites is 2. The second kappa shape index (κ2) is 11.7. The van der Waals surface area contributed by atoms with Gasteiger partial charge in [-0.25, -0.2) is 0 Å². The second-order valence-electron chi connectivity index (χ2n) is 14.5. The number of Topliss-reactive ketones (excluding diaryl/α,β-unsaturated/α-hetero) is 1. The molecule has 44 heavy (non-hydrogen) atoms. The number of ketones is 1. The molecule has 238 valence electrons. The summed E-state index contributed by atoms with van der Waals surface area (Å²) < 4.78 is 17.3. The highest BCUT2D eigenvalue weighted by atomic mass is 16.5. The molecule has 0 saturated carbocycles. The molecule has 9 nitrogen and oxygen atoms in total. The fourth-order valence-corrected chi connectivity index (χ4v) is 7.74. The van der Waals surface area contributed by atoms with Crippen LogP contribution in [0.5, 0.6) is 17.2 Å². The third kappa shape index (κ3) is 6.25. The number of piperidine rings is 1. The van der Waals surface area contributed by atoms with Gasteiger partial charge >= 0.3 is 0 Å². The lowest BCUT2D eigenvalue weighted by molar-refractivity contribution is -0.121. The Bertz CT molecular complexity index is 1460. The van der Waals surface area contributed by atoms with Gasteiger partial charge in [-0.2, -0.15) is 0 Å². The van der Waals surface area contributed by atoms with E-state index in [-0.39, 0.29) is 40.8 Å². The number of benzene rings is 2. The van der Waals surface area contributed by atoms with Crippen LogP contribution in [0.2, 0.25) is 0 Å². The van der Waals surface area contributed by atoms with E-state index >= 15 is 0 Å². The fraction of sp³-hybridized carbons (Fsp3) is 0.543. The van der Waals surface area contributed by atoms with Crippen LogP contribution >= 0.6 is 0 Å². The van der Waals surface area contributed by atoms with Gasteiger partial charge in [0.05, 0.1) is 45.3 Å². The molecule has 0 aromatic heterocycles. The van der Waals surface area contributed by atoms with Crippen molar-refractivity contribution < 1.29 is 23.8 Å². The monoisotopic (exact) mass is 604 g/mol. The van der Waals surface area contributed by atoms with Crippen molar-refractivity contribution in [3.05, 3.63) is 53.2 Å². The zero-order valence-corrected chi connectivity index (χ0v) is 27.6. The number of allylic oxidation sites excluding steroid dienone is 1. The van der Waals surface area contributed by atoms with E-state index in [2.05, 4.69) is 57.5 Å². The molecule has 3 N–H and O–H groups in total. The number of carbonyl (C=O) groups excluding carboxylic acids is 2. The van der Waals surface area contributed by atoms with Crippen LogP contribution in [-0.4, -0.2) is 56.7 Å². The van der Waals surface area contributed by atoms with Crippen molar-refractivity contribution in [1.29, 1.82) is 0 Å². The molecule has 1 unspecified atom stereocenters. The maximum Gasteiger partial charge on any atom is 0.239 e. The number of carbonyl (C=O) groups is 2. The van der Waals surface area contributed by atoms with E-state index in [1.54, 1.807) is 21.3 Å². The van der Waals surface area contributed by atoms with Crippen LogP contribution in [0.4, 0.5) is 11.4 Å². The van der Waals surface area contributed by atoms with Gasteiger partial charge in [0.2, 0.25) is 11.7 Å². The van der Waals surface area contributed by atoms with Crippen LogP contribution in [0, 0.1) is 5.41 Å². The summed E-state index contributed by atoms with van der Waals surface area (Å²) in [5, 5.41) is 10.7. The average molecular weight is 605 g/mol. The molecule has 1 aliphatic carbocycles. The van der Waals surface area contributed by atoms with Crippen molar-refractivity contribution in [2.45, 2.75) is 90.4 Å². The SMILES string of the molecule is COc1ccc(C2C3=C(CC(C)(C)CC3=O)Nc3ccccc3N2CC(=O)NC2CC(C)(C)NC(C)(C)C2)c(OC)c1OC. The Morgan fingerprint density at radius 2 is 1.57 bits per heavy atom. The summed E-state index contributed by atoms with van der Waals surface area (Å²) in [5.74, 6) is 1.37. The summed E-state index contributed by atoms with van der Waals surface area (Å²) in [6.45, 7) is 13.0. The van der Waals surface area contributed by atoms with Crippen molar-refractivity contribution in [2.24, 2.45) is 5.41 Å². The summed E-state index contributed by atoms with van der Waals surface area (Å²) in [6, 6.07) is 11.1. The Balaban J connectivity index is 1.65. The number of nitrogens with zero attached hydrogens (tertiary/aromatic N) is 1. The van der Waals surface area contributed by atoms with Crippen LogP contribution in [-0.2, 0) is 9.59 Å². The highest BCUT2D eigenvalue weighted by molar-refractivity contribution is 6.02. The molecule has 2 aromatic rings. The van der Waals surface area contributed by atoms with E-state index in [0.717, 1.165) is 35.5 Å². The molecule has 3 aliphatic rings. The fourth-order valence-electron chi connectivity index (χ4n) is 7.74. The number of anilines is 2. The minimum Gasteiger partial charge on any atom is -0.493 e. The molecule has 1 fully saturated rings. The zero-order chi connectivity index (χ0) is 32.0.